The van der Waals surface area contributed by atoms with E-state index in [9.17, 15) is 0 Å². The average Bonchev–Trinajstić information content (AvgIpc) is 0. The van der Waals surface area contributed by atoms with Gasteiger partial charge in [-0.15, -0.1) is 0 Å². The summed E-state index contributed by atoms with van der Waals surface area (Å²) in [5.41, 5.74) is 0. The van der Waals surface area contributed by atoms with E-state index < -0.39 is 0 Å². The molecule has 0 amide bonds. The van der Waals surface area contributed by atoms with Crippen molar-refractivity contribution in [1.29, 1.82) is 0 Å². The fourth-order valence-electron chi connectivity index (χ4n) is 0. The van der Waals surface area contributed by atoms with Crippen molar-refractivity contribution in [1.82, 2.24) is 0 Å². The van der Waals surface area contributed by atoms with E-state index in [0.717, 1.165) is 0 Å². The molecule has 4 heteroatoms. The van der Waals surface area contributed by atoms with E-state index in [1.54, 1.807) is 0 Å². The normalized spacial score (nSPS) is 0. The van der Waals surface area contributed by atoms with Gasteiger partial charge >= 0.3 is 117 Å². The maximum absolute atomic E-state index is 0. The van der Waals surface area contributed by atoms with E-state index in [-0.39, 0.29) is 131 Å². The van der Waals surface area contributed by atoms with E-state index >= 15 is 0 Å². The summed E-state index contributed by atoms with van der Waals surface area (Å²) in [7, 11) is 0. The molecule has 0 spiro atoms. The topological polar surface area (TPSA) is 31.5 Å². The fourth-order valence-corrected chi connectivity index (χ4v) is 0. The van der Waals surface area contributed by atoms with Crippen molar-refractivity contribution < 1.29 is 14.0 Å². The molecule has 2 N–H and O–H groups in total. The van der Waals surface area contributed by atoms with Crippen molar-refractivity contribution in [2.24, 2.45) is 0 Å². The summed E-state index contributed by atoms with van der Waals surface area (Å²) >= 11 is 0. The first-order chi connectivity index (χ1) is 0. The van der Waals surface area contributed by atoms with Crippen LogP contribution in [-0.2, 0) is 0 Å². The Morgan fingerprint density at radius 3 is 1.25 bits per heavy atom. The van der Waals surface area contributed by atoms with Crippen LogP contribution in [-0.4, -0.2) is 123 Å². The minimum absolute atomic E-state index is 0. The van der Waals surface area contributed by atoms with Gasteiger partial charge in [-0.3, -0.25) is 0 Å². The molecule has 0 aliphatic heterocycles. The summed E-state index contributed by atoms with van der Waals surface area (Å²) in [6.45, 7) is 0. The van der Waals surface area contributed by atoms with E-state index in [1.165, 1.54) is 0 Å². The standard InChI is InChI=1S/Ba.Mg.H2O.Sr.6H/h;;1H2;;;;;;;/q2*+2;;+2;6*-1. The Kier molecular flexibility index (Phi) is 99.2. The van der Waals surface area contributed by atoms with Gasteiger partial charge in [0, 0.05) is 0 Å². The zero-order chi connectivity index (χ0) is 0. The molecule has 0 radical (unpaired) electrons. The molecule has 4 heavy (non-hydrogen) atoms. The third-order valence-electron chi connectivity index (χ3n) is 0. The van der Waals surface area contributed by atoms with Crippen molar-refractivity contribution in [3.05, 3.63) is 0 Å². The first-order valence-corrected chi connectivity index (χ1v) is 0. The van der Waals surface area contributed by atoms with Crippen molar-refractivity contribution in [3.8, 4) is 0 Å². The molecule has 1 nitrogen and oxygen atoms in total. The van der Waals surface area contributed by atoms with Gasteiger partial charge < -0.3 is 14.0 Å². The van der Waals surface area contributed by atoms with E-state index in [1.807, 2.05) is 0 Å². The van der Waals surface area contributed by atoms with Crippen molar-refractivity contribution >= 4 is 117 Å². The van der Waals surface area contributed by atoms with Gasteiger partial charge in [-0.25, -0.2) is 0 Å². The molecular weight excluding hydrogens is 265 g/mol. The first kappa shape index (κ1) is 25.0. The number of hydrogen-bond donors (Lipinski definition) is 0. The van der Waals surface area contributed by atoms with Crippen molar-refractivity contribution in [2.75, 3.05) is 0 Å². The Morgan fingerprint density at radius 2 is 1.25 bits per heavy atom. The number of hydrogen-bond acceptors (Lipinski definition) is 0. The zero-order valence-corrected chi connectivity index (χ0v) is 12.0. The smallest absolute Gasteiger partial charge is 1.00 e. The van der Waals surface area contributed by atoms with Crippen LogP contribution >= 0.6 is 0 Å². The molecule has 20 valence electrons. The van der Waals surface area contributed by atoms with Gasteiger partial charge in [-0.05, 0) is 0 Å². The van der Waals surface area contributed by atoms with Gasteiger partial charge in [0.25, 0.3) is 0 Å². The molecule has 0 atom stereocenters. The van der Waals surface area contributed by atoms with Crippen LogP contribution in [0.5, 0.6) is 0 Å². The molecule has 0 saturated heterocycles. The predicted octanol–water partition coefficient (Wildman–Crippen LogP) is -1.29. The summed E-state index contributed by atoms with van der Waals surface area (Å²) in [4.78, 5) is 0. The van der Waals surface area contributed by atoms with Crippen LogP contribution < -0.4 is 0 Å². The largest absolute Gasteiger partial charge is 2.00 e. The van der Waals surface area contributed by atoms with Crippen LogP contribution in [0.15, 0.2) is 0 Å². The Labute approximate surface area is 128 Å². The Morgan fingerprint density at radius 1 is 1.25 bits per heavy atom. The Bertz CT molecular complexity index is 17.7. The molecule has 0 saturated carbocycles. The first-order valence-electron chi connectivity index (χ1n) is 0. The molecule has 0 aromatic rings. The van der Waals surface area contributed by atoms with Gasteiger partial charge in [-0.1, -0.05) is 0 Å². The van der Waals surface area contributed by atoms with Gasteiger partial charge in [-0.2, -0.15) is 0 Å². The summed E-state index contributed by atoms with van der Waals surface area (Å²) in [6.07, 6.45) is 0. The average molecular weight is 273 g/mol. The third-order valence-corrected chi connectivity index (χ3v) is 0. The second-order valence-corrected chi connectivity index (χ2v) is 0. The third kappa shape index (κ3) is 9.24. The minimum atomic E-state index is 0. The van der Waals surface area contributed by atoms with Gasteiger partial charge in [0.2, 0.25) is 0 Å². The summed E-state index contributed by atoms with van der Waals surface area (Å²) in [6, 6.07) is 0. The molecule has 0 bridgehead atoms. The second kappa shape index (κ2) is 15.9. The molecule has 0 aromatic carbocycles. The molecule has 0 unspecified atom stereocenters. The molecular formula is H8BaMgOSr. The number of rotatable bonds is 0. The van der Waals surface area contributed by atoms with E-state index in [4.69, 9.17) is 0 Å². The molecule has 0 fully saturated rings. The van der Waals surface area contributed by atoms with Crippen molar-refractivity contribution in [2.45, 2.75) is 0 Å². The molecule has 0 rings (SSSR count). The van der Waals surface area contributed by atoms with Crippen LogP contribution in [0.3, 0.4) is 0 Å². The Hall–Kier alpha value is 3.78. The van der Waals surface area contributed by atoms with Crippen molar-refractivity contribution in [3.63, 3.8) is 0 Å². The molecule has 0 aliphatic carbocycles. The zero-order valence-electron chi connectivity index (χ0n) is 8.62. The van der Waals surface area contributed by atoms with Crippen LogP contribution in [0.25, 0.3) is 0 Å². The van der Waals surface area contributed by atoms with Crippen LogP contribution in [0.1, 0.15) is 8.56 Å². The van der Waals surface area contributed by atoms with E-state index in [2.05, 4.69) is 0 Å². The summed E-state index contributed by atoms with van der Waals surface area (Å²) in [5, 5.41) is 0. The van der Waals surface area contributed by atoms with Crippen LogP contribution in [0.2, 0.25) is 0 Å². The second-order valence-electron chi connectivity index (χ2n) is 0. The summed E-state index contributed by atoms with van der Waals surface area (Å²) in [5.74, 6) is 0. The van der Waals surface area contributed by atoms with E-state index in [0.29, 0.717) is 0 Å². The molecule has 0 aliphatic rings. The SMILES string of the molecule is O.[Ba+2].[H-].[H-].[H-].[H-].[H-].[H-].[Mg+2].[Sr+2]. The maximum atomic E-state index is 0. The van der Waals surface area contributed by atoms with Crippen LogP contribution in [0.4, 0.5) is 0 Å². The van der Waals surface area contributed by atoms with Gasteiger partial charge in [0.1, 0.15) is 0 Å². The monoisotopic (exact) mass is 274 g/mol. The molecule has 0 aromatic heterocycles. The van der Waals surface area contributed by atoms with Gasteiger partial charge in [0.15, 0.2) is 0 Å². The van der Waals surface area contributed by atoms with Gasteiger partial charge in [0.05, 0.1) is 0 Å². The van der Waals surface area contributed by atoms with Crippen LogP contribution in [0, 0.1) is 0 Å². The maximum Gasteiger partial charge on any atom is 2.00 e. The molecule has 0 heterocycles. The Balaban J connectivity index is 0. The minimum Gasteiger partial charge on any atom is -1.00 e. The summed E-state index contributed by atoms with van der Waals surface area (Å²) < 4.78 is 0. The predicted molar refractivity (Wildman–Crippen MR) is 27.5 cm³/mol. The quantitative estimate of drug-likeness (QED) is 0.492. The fraction of sp³-hybridized carbons (Fsp3) is 0.